The molecule has 2 fully saturated rings. The zero-order valence-electron chi connectivity index (χ0n) is 8.00. The van der Waals surface area contributed by atoms with Crippen LogP contribution in [0.4, 0.5) is 0 Å². The molecule has 2 nitrogen and oxygen atoms in total. The molecule has 2 aliphatic rings. The van der Waals surface area contributed by atoms with Crippen molar-refractivity contribution < 1.29 is 0 Å². The van der Waals surface area contributed by atoms with Crippen molar-refractivity contribution >= 4 is 0 Å². The van der Waals surface area contributed by atoms with E-state index in [4.69, 9.17) is 0 Å². The molecule has 2 aliphatic heterocycles. The molecule has 0 amide bonds. The summed E-state index contributed by atoms with van der Waals surface area (Å²) in [5.74, 6) is 0. The fourth-order valence-electron chi connectivity index (χ4n) is 2.35. The number of hydrogen-bond donors (Lipinski definition) is 0. The van der Waals surface area contributed by atoms with Crippen molar-refractivity contribution in [3.05, 3.63) is 6.42 Å². The van der Waals surface area contributed by atoms with E-state index in [1.54, 1.807) is 0 Å². The average Bonchev–Trinajstić information content (AvgIpc) is 2.54. The molecule has 0 bridgehead atoms. The van der Waals surface area contributed by atoms with Gasteiger partial charge < -0.3 is 4.90 Å². The van der Waals surface area contributed by atoms with Gasteiger partial charge in [0.2, 0.25) is 0 Å². The van der Waals surface area contributed by atoms with E-state index in [1.807, 2.05) is 0 Å². The molecular formula is C10H19N2. The first-order valence-electron chi connectivity index (χ1n) is 5.10. The van der Waals surface area contributed by atoms with Crippen LogP contribution in [-0.4, -0.2) is 49.1 Å². The van der Waals surface area contributed by atoms with Crippen LogP contribution >= 0.6 is 0 Å². The summed E-state index contributed by atoms with van der Waals surface area (Å²) in [6.45, 7) is 5.20. The second-order valence-corrected chi connectivity index (χ2v) is 4.11. The predicted octanol–water partition coefficient (Wildman–Crippen LogP) is 0.991. The van der Waals surface area contributed by atoms with Crippen molar-refractivity contribution in [2.24, 2.45) is 0 Å². The van der Waals surface area contributed by atoms with Crippen LogP contribution in [0.2, 0.25) is 0 Å². The minimum atomic E-state index is 0.865. The normalized spacial score (nSPS) is 34.2. The zero-order chi connectivity index (χ0) is 8.39. The summed E-state index contributed by atoms with van der Waals surface area (Å²) < 4.78 is 0. The molecule has 0 aromatic heterocycles. The van der Waals surface area contributed by atoms with Gasteiger partial charge in [0.15, 0.2) is 0 Å². The molecule has 12 heavy (non-hydrogen) atoms. The smallest absolute Gasteiger partial charge is 0.0235 e. The molecule has 0 aromatic carbocycles. The van der Waals surface area contributed by atoms with E-state index in [1.165, 1.54) is 45.4 Å². The van der Waals surface area contributed by atoms with Crippen LogP contribution in [0.15, 0.2) is 0 Å². The number of likely N-dealkylation sites (tertiary alicyclic amines) is 2. The molecule has 2 rings (SSSR count). The molecule has 2 heterocycles. The first kappa shape index (κ1) is 8.52. The molecule has 1 atom stereocenters. The number of rotatable bonds is 1. The molecule has 0 N–H and O–H groups in total. The number of hydrogen-bond acceptors (Lipinski definition) is 2. The highest BCUT2D eigenvalue weighted by Crippen LogP contribution is 2.18. The summed E-state index contributed by atoms with van der Waals surface area (Å²) in [5, 5.41) is 0. The Bertz CT molecular complexity index is 138. The molecule has 0 aliphatic carbocycles. The fourth-order valence-corrected chi connectivity index (χ4v) is 2.35. The van der Waals surface area contributed by atoms with Crippen LogP contribution in [-0.2, 0) is 0 Å². The zero-order valence-corrected chi connectivity index (χ0v) is 8.00. The summed E-state index contributed by atoms with van der Waals surface area (Å²) in [5.41, 5.74) is 0. The Morgan fingerprint density at radius 3 is 2.50 bits per heavy atom. The minimum Gasteiger partial charge on any atom is -0.305 e. The van der Waals surface area contributed by atoms with Crippen molar-refractivity contribution in [3.8, 4) is 0 Å². The highest BCUT2D eigenvalue weighted by molar-refractivity contribution is 4.86. The molecule has 69 valence electrons. The second kappa shape index (κ2) is 3.75. The molecule has 0 saturated carbocycles. The van der Waals surface area contributed by atoms with Gasteiger partial charge in [0.25, 0.3) is 0 Å². The lowest BCUT2D eigenvalue weighted by molar-refractivity contribution is 0.183. The number of nitrogens with zero attached hydrogens (tertiary/aromatic N) is 2. The second-order valence-electron chi connectivity index (χ2n) is 4.11. The van der Waals surface area contributed by atoms with Gasteiger partial charge in [-0.25, -0.2) is 0 Å². The van der Waals surface area contributed by atoms with Gasteiger partial charge in [0.05, 0.1) is 0 Å². The van der Waals surface area contributed by atoms with Crippen molar-refractivity contribution in [3.63, 3.8) is 0 Å². The molecule has 2 saturated heterocycles. The molecule has 1 unspecified atom stereocenters. The predicted molar refractivity (Wildman–Crippen MR) is 51.0 cm³/mol. The van der Waals surface area contributed by atoms with Crippen LogP contribution in [0.1, 0.15) is 19.3 Å². The molecule has 0 spiro atoms. The lowest BCUT2D eigenvalue weighted by atomic mass is 10.1. The van der Waals surface area contributed by atoms with E-state index in [9.17, 15) is 0 Å². The Kier molecular flexibility index (Phi) is 2.66. The van der Waals surface area contributed by atoms with E-state index >= 15 is 0 Å². The van der Waals surface area contributed by atoms with Crippen LogP contribution in [0.25, 0.3) is 0 Å². The van der Waals surface area contributed by atoms with Crippen LogP contribution < -0.4 is 0 Å². The van der Waals surface area contributed by atoms with Gasteiger partial charge in [-0.15, -0.1) is 0 Å². The minimum absolute atomic E-state index is 0.865. The lowest BCUT2D eigenvalue weighted by Gasteiger charge is -2.31. The van der Waals surface area contributed by atoms with E-state index in [2.05, 4.69) is 23.3 Å². The maximum Gasteiger partial charge on any atom is 0.0235 e. The maximum absolute atomic E-state index is 2.67. The summed E-state index contributed by atoms with van der Waals surface area (Å²) in [7, 11) is 2.23. The average molecular weight is 167 g/mol. The number of piperidine rings is 1. The van der Waals surface area contributed by atoms with E-state index in [0.717, 1.165) is 6.04 Å². The largest absolute Gasteiger partial charge is 0.305 e. The highest BCUT2D eigenvalue weighted by atomic mass is 15.2. The van der Waals surface area contributed by atoms with Gasteiger partial charge >= 0.3 is 0 Å². The summed E-state index contributed by atoms with van der Waals surface area (Å²) in [4.78, 5) is 5.12. The van der Waals surface area contributed by atoms with Gasteiger partial charge in [-0.05, 0) is 52.4 Å². The Hall–Kier alpha value is -0.0800. The van der Waals surface area contributed by atoms with Crippen molar-refractivity contribution in [1.82, 2.24) is 9.80 Å². The topological polar surface area (TPSA) is 6.48 Å². The third kappa shape index (κ3) is 1.80. The quantitative estimate of drug-likeness (QED) is 0.574. The Morgan fingerprint density at radius 2 is 1.92 bits per heavy atom. The van der Waals surface area contributed by atoms with Crippen LogP contribution in [0, 0.1) is 6.42 Å². The molecule has 2 heteroatoms. The lowest BCUT2D eigenvalue weighted by Crippen LogP contribution is -2.40. The van der Waals surface area contributed by atoms with Gasteiger partial charge in [0.1, 0.15) is 0 Å². The highest BCUT2D eigenvalue weighted by Gasteiger charge is 2.26. The van der Waals surface area contributed by atoms with Crippen molar-refractivity contribution in [1.29, 1.82) is 0 Å². The standard InChI is InChI=1S/C10H19N2/c1-11-8-5-10(9-11)12-6-3-2-4-7-12/h2,10H,3-9H2,1H3. The first-order valence-corrected chi connectivity index (χ1v) is 5.10. The Morgan fingerprint density at radius 1 is 1.17 bits per heavy atom. The fraction of sp³-hybridized carbons (Fsp3) is 0.900. The van der Waals surface area contributed by atoms with E-state index in [0.29, 0.717) is 0 Å². The molecular weight excluding hydrogens is 148 g/mol. The molecule has 0 aromatic rings. The SMILES string of the molecule is CN1CCC(N2CC[CH]CC2)C1. The van der Waals surface area contributed by atoms with Crippen molar-refractivity contribution in [2.45, 2.75) is 25.3 Å². The monoisotopic (exact) mass is 167 g/mol. The van der Waals surface area contributed by atoms with Gasteiger partial charge in [-0.2, -0.15) is 0 Å². The third-order valence-corrected chi connectivity index (χ3v) is 3.12. The van der Waals surface area contributed by atoms with Crippen LogP contribution in [0.5, 0.6) is 0 Å². The van der Waals surface area contributed by atoms with Gasteiger partial charge in [0, 0.05) is 12.6 Å². The summed E-state index contributed by atoms with van der Waals surface area (Å²) in [6, 6.07) is 0.865. The molecule has 1 radical (unpaired) electrons. The van der Waals surface area contributed by atoms with Gasteiger partial charge in [-0.1, -0.05) is 0 Å². The Labute approximate surface area is 75.5 Å². The number of likely N-dealkylation sites (N-methyl/N-ethyl adjacent to an activating group) is 1. The summed E-state index contributed by atoms with van der Waals surface area (Å²) in [6.07, 6.45) is 6.42. The van der Waals surface area contributed by atoms with E-state index in [-0.39, 0.29) is 0 Å². The van der Waals surface area contributed by atoms with E-state index < -0.39 is 0 Å². The van der Waals surface area contributed by atoms with Crippen LogP contribution in [0.3, 0.4) is 0 Å². The summed E-state index contributed by atoms with van der Waals surface area (Å²) >= 11 is 0. The van der Waals surface area contributed by atoms with Crippen molar-refractivity contribution in [2.75, 3.05) is 33.2 Å². The van der Waals surface area contributed by atoms with Gasteiger partial charge in [-0.3, -0.25) is 4.90 Å². The Balaban J connectivity index is 1.83. The maximum atomic E-state index is 2.67. The first-order chi connectivity index (χ1) is 5.86. The third-order valence-electron chi connectivity index (χ3n) is 3.12.